The minimum Gasteiger partial charge on any atom is -0.496 e. The fourth-order valence-electron chi connectivity index (χ4n) is 7.09. The minimum absolute atomic E-state index is 0.0999. The van der Waals surface area contributed by atoms with E-state index in [2.05, 4.69) is 96.9 Å². The van der Waals surface area contributed by atoms with Gasteiger partial charge in [-0.2, -0.15) is 0 Å². The lowest BCUT2D eigenvalue weighted by atomic mass is 10.1. The smallest absolute Gasteiger partial charge is 0.192 e. The van der Waals surface area contributed by atoms with Gasteiger partial charge in [0.05, 0.1) is 30.5 Å². The van der Waals surface area contributed by atoms with E-state index in [0.29, 0.717) is 17.8 Å². The van der Waals surface area contributed by atoms with E-state index in [9.17, 15) is 0 Å². The zero-order valence-corrected chi connectivity index (χ0v) is 29.7. The third-order valence-corrected chi connectivity index (χ3v) is 15.6. The van der Waals surface area contributed by atoms with Crippen LogP contribution in [0.5, 0.6) is 5.75 Å². The van der Waals surface area contributed by atoms with Gasteiger partial charge in [-0.15, -0.1) is 0 Å². The monoisotopic (exact) mass is 646 g/mol. The van der Waals surface area contributed by atoms with Crippen LogP contribution in [0.15, 0.2) is 61.1 Å². The molecule has 2 aliphatic carbocycles. The van der Waals surface area contributed by atoms with E-state index in [1.165, 1.54) is 18.4 Å². The zero-order valence-electron chi connectivity index (χ0n) is 28.7. The molecule has 0 spiro atoms. The Morgan fingerprint density at radius 3 is 2.47 bits per heavy atom. The fraction of sp³-hybridized carbons (Fsp3) is 0.474. The van der Waals surface area contributed by atoms with Gasteiger partial charge >= 0.3 is 0 Å². The first kappa shape index (κ1) is 30.5. The average molecular weight is 647 g/mol. The van der Waals surface area contributed by atoms with Crippen molar-refractivity contribution in [2.75, 3.05) is 18.6 Å². The van der Waals surface area contributed by atoms with Crippen LogP contribution in [0.1, 0.15) is 98.7 Å². The lowest BCUT2D eigenvalue weighted by Crippen LogP contribution is -2.44. The lowest BCUT2D eigenvalue weighted by Gasteiger charge is -2.38. The van der Waals surface area contributed by atoms with E-state index in [-0.39, 0.29) is 17.2 Å². The number of fused-ring (bicyclic) bond motifs is 2. The summed E-state index contributed by atoms with van der Waals surface area (Å²) >= 11 is 0. The van der Waals surface area contributed by atoms with Crippen molar-refractivity contribution in [3.05, 3.63) is 89.5 Å². The van der Waals surface area contributed by atoms with Crippen LogP contribution in [0.25, 0.3) is 16.6 Å². The number of hydrogen-bond donors (Lipinski definition) is 0. The summed E-state index contributed by atoms with van der Waals surface area (Å²) in [5, 5.41) is 1.16. The molecule has 1 aromatic carbocycles. The van der Waals surface area contributed by atoms with Gasteiger partial charge in [-0.05, 0) is 86.1 Å². The van der Waals surface area contributed by atoms with Gasteiger partial charge < -0.3 is 18.5 Å². The molecule has 1 aliphatic heterocycles. The standard InChI is InChI=1S/C38H46N6O2Si/c1-23-14-15-39-37(40-23)30-18-29(30)32-19-35(45-5)28-12-11-26(16-31(28)41-32)44-21-27(46-47(6,7)38(2,3)4)17-34(44)33-22-43-20-25(24-8-9-24)10-13-36(43)42-33/h10-16,19-20,22,24,27,29-30,34H,8-9,17-18,21H2,1-7H3/t27-,29+,30+,34+/m0/s1. The van der Waals surface area contributed by atoms with E-state index in [1.54, 1.807) is 7.11 Å². The summed E-state index contributed by atoms with van der Waals surface area (Å²) in [6, 6.07) is 15.2. The van der Waals surface area contributed by atoms with E-state index < -0.39 is 8.32 Å². The van der Waals surface area contributed by atoms with E-state index in [4.69, 9.17) is 24.1 Å². The van der Waals surface area contributed by atoms with Gasteiger partial charge in [-0.3, -0.25) is 4.98 Å². The normalized spacial score (nSPS) is 23.2. The maximum Gasteiger partial charge on any atom is 0.192 e. The lowest BCUT2D eigenvalue weighted by molar-refractivity contribution is 0.198. The molecule has 3 fully saturated rings. The number of aryl methyl sites for hydroxylation is 1. The molecule has 0 N–H and O–H groups in total. The molecule has 0 radical (unpaired) electrons. The van der Waals surface area contributed by atoms with Gasteiger partial charge in [0.2, 0.25) is 0 Å². The molecule has 4 atom stereocenters. The van der Waals surface area contributed by atoms with Crippen LogP contribution >= 0.6 is 0 Å². The van der Waals surface area contributed by atoms with Gasteiger partial charge in [0, 0.05) is 71.9 Å². The zero-order chi connectivity index (χ0) is 32.7. The number of imidazole rings is 1. The number of anilines is 1. The molecule has 2 saturated carbocycles. The molecule has 244 valence electrons. The number of methoxy groups -OCH3 is 1. The first-order valence-electron chi connectivity index (χ1n) is 17.2. The van der Waals surface area contributed by atoms with Gasteiger partial charge in [-0.25, -0.2) is 15.0 Å². The van der Waals surface area contributed by atoms with Crippen LogP contribution in [-0.2, 0) is 4.43 Å². The molecule has 9 heteroatoms. The summed E-state index contributed by atoms with van der Waals surface area (Å²) in [6.45, 7) is 14.5. The Kier molecular flexibility index (Phi) is 7.22. The molecule has 1 saturated heterocycles. The fourth-order valence-corrected chi connectivity index (χ4v) is 8.44. The highest BCUT2D eigenvalue weighted by Crippen LogP contribution is 2.54. The number of hydrogen-bond acceptors (Lipinski definition) is 7. The number of ether oxygens (including phenoxy) is 1. The second kappa shape index (κ2) is 11.1. The van der Waals surface area contributed by atoms with Crippen LogP contribution in [0.4, 0.5) is 5.69 Å². The van der Waals surface area contributed by atoms with Crippen molar-refractivity contribution in [1.29, 1.82) is 0 Å². The van der Waals surface area contributed by atoms with Gasteiger partial charge in [-0.1, -0.05) is 26.8 Å². The summed E-state index contributed by atoms with van der Waals surface area (Å²) in [5.74, 6) is 3.06. The molecular formula is C38H46N6O2Si. The largest absolute Gasteiger partial charge is 0.496 e. The van der Waals surface area contributed by atoms with Crippen LogP contribution < -0.4 is 9.64 Å². The Hall–Kier alpha value is -3.82. The Labute approximate surface area is 278 Å². The molecule has 4 aromatic heterocycles. The summed E-state index contributed by atoms with van der Waals surface area (Å²) in [6.07, 6.45) is 11.0. The topological polar surface area (TPSA) is 77.7 Å². The quantitative estimate of drug-likeness (QED) is 0.157. The Morgan fingerprint density at radius 1 is 0.894 bits per heavy atom. The van der Waals surface area contributed by atoms with Gasteiger partial charge in [0.25, 0.3) is 0 Å². The van der Waals surface area contributed by atoms with E-state index in [1.807, 2.05) is 19.2 Å². The molecular weight excluding hydrogens is 601 g/mol. The Balaban J connectivity index is 1.15. The summed E-state index contributed by atoms with van der Waals surface area (Å²) in [4.78, 5) is 22.2. The maximum atomic E-state index is 7.06. The van der Waals surface area contributed by atoms with Crippen molar-refractivity contribution < 1.29 is 9.16 Å². The number of rotatable bonds is 8. The highest BCUT2D eigenvalue weighted by molar-refractivity contribution is 6.74. The maximum absolute atomic E-state index is 7.06. The number of benzene rings is 1. The molecule has 3 aliphatic rings. The van der Waals surface area contributed by atoms with Crippen LogP contribution in [0.3, 0.4) is 0 Å². The van der Waals surface area contributed by atoms with Crippen molar-refractivity contribution >= 4 is 30.6 Å². The van der Waals surface area contributed by atoms with Crippen LogP contribution in [-0.4, -0.2) is 52.4 Å². The summed E-state index contributed by atoms with van der Waals surface area (Å²) in [5.41, 5.74) is 7.65. The van der Waals surface area contributed by atoms with Crippen LogP contribution in [0.2, 0.25) is 18.1 Å². The van der Waals surface area contributed by atoms with Gasteiger partial charge in [0.1, 0.15) is 17.2 Å². The highest BCUT2D eigenvalue weighted by atomic mass is 28.4. The molecule has 47 heavy (non-hydrogen) atoms. The average Bonchev–Trinajstić information content (AvgIpc) is 3.96. The van der Waals surface area contributed by atoms with Crippen molar-refractivity contribution in [2.45, 2.75) is 101 Å². The van der Waals surface area contributed by atoms with E-state index >= 15 is 0 Å². The van der Waals surface area contributed by atoms with E-state index in [0.717, 1.165) is 70.3 Å². The van der Waals surface area contributed by atoms with Crippen LogP contribution in [0, 0.1) is 6.92 Å². The number of pyridine rings is 2. The second-order valence-electron chi connectivity index (χ2n) is 15.5. The van der Waals surface area contributed by atoms with Crippen molar-refractivity contribution in [3.8, 4) is 5.75 Å². The number of nitrogens with zero attached hydrogens (tertiary/aromatic N) is 6. The first-order valence-corrected chi connectivity index (χ1v) is 20.1. The molecule has 0 amide bonds. The minimum atomic E-state index is -1.97. The molecule has 0 unspecified atom stereocenters. The molecule has 8 nitrogen and oxygen atoms in total. The summed E-state index contributed by atoms with van der Waals surface area (Å²) < 4.78 is 15.2. The highest BCUT2D eigenvalue weighted by Gasteiger charge is 2.45. The van der Waals surface area contributed by atoms with Crippen molar-refractivity contribution in [2.24, 2.45) is 0 Å². The second-order valence-corrected chi connectivity index (χ2v) is 20.3. The molecule has 5 heterocycles. The first-order chi connectivity index (χ1) is 22.5. The predicted molar refractivity (Wildman–Crippen MR) is 189 cm³/mol. The SMILES string of the molecule is COc1cc([C@@H]2C[C@H]2c2nccc(C)n2)nc2cc(N3C[C@@H](O[Si](C)(C)C(C)(C)C)C[C@@H]3c3cn4cc(C5CC5)ccc4n3)ccc12. The Bertz CT molecular complexity index is 1980. The predicted octanol–water partition coefficient (Wildman–Crippen LogP) is 8.48. The molecule has 5 aromatic rings. The van der Waals surface area contributed by atoms with Gasteiger partial charge in [0.15, 0.2) is 8.32 Å². The van der Waals surface area contributed by atoms with Crippen molar-refractivity contribution in [1.82, 2.24) is 24.3 Å². The third-order valence-electron chi connectivity index (χ3n) is 11.1. The molecule has 8 rings (SSSR count). The summed E-state index contributed by atoms with van der Waals surface area (Å²) in [7, 11) is -0.227. The third kappa shape index (κ3) is 5.71. The van der Waals surface area contributed by atoms with Crippen molar-refractivity contribution in [3.63, 3.8) is 0 Å². The Morgan fingerprint density at radius 2 is 1.72 bits per heavy atom. The number of aromatic nitrogens is 5. The molecule has 0 bridgehead atoms.